The number of nitro groups is 1. The Bertz CT molecular complexity index is 1250. The van der Waals surface area contributed by atoms with E-state index in [0.717, 1.165) is 0 Å². The first-order chi connectivity index (χ1) is 17.0. The second-order valence-electron chi connectivity index (χ2n) is 8.95. The summed E-state index contributed by atoms with van der Waals surface area (Å²) in [5.74, 6) is 2.22. The Balaban J connectivity index is 1.65. The number of fused-ring (bicyclic) bond motifs is 2. The normalized spacial score (nSPS) is 17.9. The molecule has 3 heterocycles. The number of hydrogen-bond acceptors (Lipinski definition) is 8. The highest BCUT2D eigenvalue weighted by Crippen LogP contribution is 2.56. The van der Waals surface area contributed by atoms with Crippen molar-refractivity contribution in [3.05, 3.63) is 87.5 Å². The molecule has 3 aromatic rings. The molecule has 1 saturated heterocycles. The summed E-state index contributed by atoms with van der Waals surface area (Å²) in [6.45, 7) is 1.37. The van der Waals surface area contributed by atoms with Gasteiger partial charge in [-0.2, -0.15) is 0 Å². The molecule has 0 aliphatic carbocycles. The molecule has 9 heteroatoms. The van der Waals surface area contributed by atoms with E-state index in [2.05, 4.69) is 5.32 Å². The summed E-state index contributed by atoms with van der Waals surface area (Å²) in [5, 5.41) is 28.5. The van der Waals surface area contributed by atoms with Gasteiger partial charge in [0.2, 0.25) is 13.6 Å². The van der Waals surface area contributed by atoms with Crippen molar-refractivity contribution in [2.45, 2.75) is 23.9 Å². The van der Waals surface area contributed by atoms with E-state index in [0.29, 0.717) is 65.6 Å². The van der Waals surface area contributed by atoms with Gasteiger partial charge in [0.05, 0.1) is 4.92 Å². The second-order valence-corrected chi connectivity index (χ2v) is 8.95. The van der Waals surface area contributed by atoms with Crippen LogP contribution in [0.15, 0.2) is 60.7 Å². The van der Waals surface area contributed by atoms with Gasteiger partial charge in [0.25, 0.3) is 5.69 Å². The summed E-state index contributed by atoms with van der Waals surface area (Å²) in [6.07, 6.45) is 0.939. The fourth-order valence-electron chi connectivity index (χ4n) is 5.68. The molecular formula is C26H24N2O7. The van der Waals surface area contributed by atoms with Crippen molar-refractivity contribution in [2.24, 2.45) is 0 Å². The molecule has 0 saturated carbocycles. The molecule has 180 valence electrons. The van der Waals surface area contributed by atoms with Crippen LogP contribution in [-0.4, -0.2) is 36.7 Å². The number of nitrogens with one attached hydrogen (secondary N) is 1. The number of aliphatic hydroxyl groups is 1. The quantitative estimate of drug-likeness (QED) is 0.424. The number of piperidine rings is 1. The fraction of sp³-hybridized carbons (Fsp3) is 0.308. The maximum atomic E-state index is 13.0. The Morgan fingerprint density at radius 1 is 0.829 bits per heavy atom. The molecule has 0 amide bonds. The van der Waals surface area contributed by atoms with Gasteiger partial charge in [-0.1, -0.05) is 30.3 Å². The summed E-state index contributed by atoms with van der Waals surface area (Å²) in [6, 6.07) is 17.4. The van der Waals surface area contributed by atoms with Gasteiger partial charge in [-0.05, 0) is 61.3 Å². The molecule has 0 radical (unpaired) electrons. The summed E-state index contributed by atoms with van der Waals surface area (Å²) in [7, 11) is 0. The summed E-state index contributed by atoms with van der Waals surface area (Å²) in [4.78, 5) is 11.8. The Kier molecular flexibility index (Phi) is 5.05. The van der Waals surface area contributed by atoms with Gasteiger partial charge in [0.15, 0.2) is 23.0 Å². The van der Waals surface area contributed by atoms with Crippen molar-refractivity contribution < 1.29 is 29.0 Å². The standard InChI is InChI=1S/C26H24N2O7/c29-26(17-5-7-21-23(13-17)34-15-32-21,18-6-8-22-24(14-18)35-16-33-22)25(9-11-27-12-10-25)19-3-1-2-4-20(19)28(30)31/h1-8,13-14,27,29H,9-12,15-16H2. The van der Waals surface area contributed by atoms with Crippen LogP contribution in [0.5, 0.6) is 23.0 Å². The van der Waals surface area contributed by atoms with Crippen LogP contribution in [0.3, 0.4) is 0 Å². The molecule has 0 aromatic heterocycles. The van der Waals surface area contributed by atoms with Crippen LogP contribution in [0.25, 0.3) is 0 Å². The molecular weight excluding hydrogens is 452 g/mol. The Morgan fingerprint density at radius 3 is 1.94 bits per heavy atom. The molecule has 3 aliphatic heterocycles. The van der Waals surface area contributed by atoms with E-state index in [1.807, 2.05) is 0 Å². The minimum absolute atomic E-state index is 0.0192. The van der Waals surface area contributed by atoms with Crippen LogP contribution in [0.4, 0.5) is 5.69 Å². The first-order valence-electron chi connectivity index (χ1n) is 11.5. The number of hydrogen-bond donors (Lipinski definition) is 2. The predicted octanol–water partition coefficient (Wildman–Crippen LogP) is 3.61. The second kappa shape index (κ2) is 8.14. The van der Waals surface area contributed by atoms with E-state index >= 15 is 0 Å². The third-order valence-corrected chi connectivity index (χ3v) is 7.35. The lowest BCUT2D eigenvalue weighted by Gasteiger charge is -2.50. The SMILES string of the molecule is O=[N+]([O-])c1ccccc1C1(C(O)(c2ccc3c(c2)OCO3)c2ccc3c(c2)OCO3)CCNCC1. The minimum Gasteiger partial charge on any atom is -0.454 e. The van der Waals surface area contributed by atoms with Crippen molar-refractivity contribution in [3.63, 3.8) is 0 Å². The number of rotatable bonds is 5. The molecule has 1 fully saturated rings. The Morgan fingerprint density at radius 2 is 1.37 bits per heavy atom. The average molecular weight is 476 g/mol. The van der Waals surface area contributed by atoms with Crippen molar-refractivity contribution in [3.8, 4) is 23.0 Å². The van der Waals surface area contributed by atoms with Crippen LogP contribution in [0.2, 0.25) is 0 Å². The molecule has 0 spiro atoms. The van der Waals surface area contributed by atoms with E-state index in [1.165, 1.54) is 6.07 Å². The van der Waals surface area contributed by atoms with E-state index < -0.39 is 11.0 Å². The summed E-state index contributed by atoms with van der Waals surface area (Å²) in [5.41, 5.74) is -1.10. The zero-order valence-electron chi connectivity index (χ0n) is 18.9. The molecule has 0 unspecified atom stereocenters. The molecule has 3 aliphatic rings. The van der Waals surface area contributed by atoms with Gasteiger partial charge < -0.3 is 29.4 Å². The van der Waals surface area contributed by atoms with E-state index in [-0.39, 0.29) is 24.2 Å². The number of para-hydroxylation sites is 1. The third kappa shape index (κ3) is 3.23. The molecule has 0 bridgehead atoms. The number of ether oxygens (including phenoxy) is 4. The van der Waals surface area contributed by atoms with Gasteiger partial charge in [0.1, 0.15) is 5.60 Å². The van der Waals surface area contributed by atoms with Crippen LogP contribution in [-0.2, 0) is 11.0 Å². The van der Waals surface area contributed by atoms with Crippen LogP contribution < -0.4 is 24.3 Å². The van der Waals surface area contributed by atoms with Gasteiger partial charge in [0, 0.05) is 17.0 Å². The number of benzene rings is 3. The maximum Gasteiger partial charge on any atom is 0.273 e. The number of nitro benzene ring substituents is 1. The highest BCUT2D eigenvalue weighted by atomic mass is 16.7. The van der Waals surface area contributed by atoms with Gasteiger partial charge in [-0.3, -0.25) is 10.1 Å². The lowest BCUT2D eigenvalue weighted by atomic mass is 9.57. The molecule has 9 nitrogen and oxygen atoms in total. The Hall–Kier alpha value is -3.82. The maximum absolute atomic E-state index is 13.0. The zero-order chi connectivity index (χ0) is 24.0. The lowest BCUT2D eigenvalue weighted by Crippen LogP contribution is -2.55. The lowest BCUT2D eigenvalue weighted by molar-refractivity contribution is -0.386. The monoisotopic (exact) mass is 476 g/mol. The van der Waals surface area contributed by atoms with Crippen LogP contribution in [0.1, 0.15) is 29.5 Å². The highest BCUT2D eigenvalue weighted by molar-refractivity contribution is 5.58. The van der Waals surface area contributed by atoms with Crippen LogP contribution >= 0.6 is 0 Å². The van der Waals surface area contributed by atoms with Crippen molar-refractivity contribution in [2.75, 3.05) is 26.7 Å². The smallest absolute Gasteiger partial charge is 0.273 e. The van der Waals surface area contributed by atoms with Crippen LogP contribution in [0, 0.1) is 10.1 Å². The third-order valence-electron chi connectivity index (χ3n) is 7.35. The summed E-state index contributed by atoms with van der Waals surface area (Å²) >= 11 is 0. The molecule has 6 rings (SSSR count). The predicted molar refractivity (Wildman–Crippen MR) is 125 cm³/mol. The van der Waals surface area contributed by atoms with Gasteiger partial charge >= 0.3 is 0 Å². The van der Waals surface area contributed by atoms with Gasteiger partial charge in [-0.15, -0.1) is 0 Å². The van der Waals surface area contributed by atoms with Gasteiger partial charge in [-0.25, -0.2) is 0 Å². The molecule has 35 heavy (non-hydrogen) atoms. The number of nitrogens with zero attached hydrogens (tertiary/aromatic N) is 1. The highest BCUT2D eigenvalue weighted by Gasteiger charge is 2.56. The molecule has 0 atom stereocenters. The van der Waals surface area contributed by atoms with Crippen molar-refractivity contribution >= 4 is 5.69 Å². The largest absolute Gasteiger partial charge is 0.454 e. The van der Waals surface area contributed by atoms with E-state index in [4.69, 9.17) is 18.9 Å². The minimum atomic E-state index is -1.66. The van der Waals surface area contributed by atoms with E-state index in [9.17, 15) is 15.2 Å². The topological polar surface area (TPSA) is 112 Å². The van der Waals surface area contributed by atoms with Crippen molar-refractivity contribution in [1.82, 2.24) is 5.32 Å². The van der Waals surface area contributed by atoms with Crippen molar-refractivity contribution in [1.29, 1.82) is 0 Å². The fourth-order valence-corrected chi connectivity index (χ4v) is 5.68. The first kappa shape index (κ1) is 21.7. The Labute approximate surface area is 201 Å². The average Bonchev–Trinajstić information content (AvgIpc) is 3.57. The summed E-state index contributed by atoms with van der Waals surface area (Å²) < 4.78 is 22.3. The molecule has 2 N–H and O–H groups in total. The zero-order valence-corrected chi connectivity index (χ0v) is 18.9. The van der Waals surface area contributed by atoms with E-state index in [1.54, 1.807) is 54.6 Å². The molecule has 3 aromatic carbocycles. The first-order valence-corrected chi connectivity index (χ1v) is 11.5.